The first-order chi connectivity index (χ1) is 9.29. The van der Waals surface area contributed by atoms with Crippen LogP contribution in [0.5, 0.6) is 0 Å². The molecule has 5 nitrogen and oxygen atoms in total. The highest BCUT2D eigenvalue weighted by Gasteiger charge is 2.40. The van der Waals surface area contributed by atoms with Crippen molar-refractivity contribution in [1.29, 1.82) is 0 Å². The number of rotatable bonds is 3. The molecule has 1 fully saturated rings. The van der Waals surface area contributed by atoms with Gasteiger partial charge in [0.25, 0.3) is 0 Å². The summed E-state index contributed by atoms with van der Waals surface area (Å²) in [5.41, 5.74) is 5.83. The third-order valence-electron chi connectivity index (χ3n) is 3.37. The molecule has 112 valence electrons. The van der Waals surface area contributed by atoms with E-state index < -0.39 is 15.6 Å². The van der Waals surface area contributed by atoms with Gasteiger partial charge in [0.15, 0.2) is 0 Å². The van der Waals surface area contributed by atoms with Crippen molar-refractivity contribution in [3.63, 3.8) is 0 Å². The van der Waals surface area contributed by atoms with Crippen LogP contribution in [-0.2, 0) is 21.3 Å². The van der Waals surface area contributed by atoms with Gasteiger partial charge in [-0.3, -0.25) is 0 Å². The Balaban J connectivity index is 2.49. The van der Waals surface area contributed by atoms with E-state index >= 15 is 0 Å². The van der Waals surface area contributed by atoms with Crippen molar-refractivity contribution in [2.75, 3.05) is 19.8 Å². The van der Waals surface area contributed by atoms with Crippen molar-refractivity contribution in [2.24, 2.45) is 5.73 Å². The molecule has 2 rings (SSSR count). The Kier molecular flexibility index (Phi) is 4.56. The molecule has 0 atom stereocenters. The van der Waals surface area contributed by atoms with Crippen LogP contribution in [0.2, 0.25) is 0 Å². The Labute approximate surface area is 128 Å². The minimum atomic E-state index is -3.58. The average Bonchev–Trinajstić information content (AvgIpc) is 2.38. The van der Waals surface area contributed by atoms with E-state index in [1.807, 2.05) is 19.9 Å². The summed E-state index contributed by atoms with van der Waals surface area (Å²) < 4.78 is 33.2. The molecule has 0 bridgehead atoms. The molecule has 1 aromatic rings. The molecular formula is C13H19BrN2O3S. The van der Waals surface area contributed by atoms with Gasteiger partial charge >= 0.3 is 0 Å². The van der Waals surface area contributed by atoms with Crippen molar-refractivity contribution >= 4 is 26.0 Å². The van der Waals surface area contributed by atoms with Gasteiger partial charge in [0.05, 0.1) is 23.6 Å². The summed E-state index contributed by atoms with van der Waals surface area (Å²) in [5.74, 6) is 0. The minimum absolute atomic E-state index is 0.260. The van der Waals surface area contributed by atoms with E-state index in [-0.39, 0.29) is 4.90 Å². The number of nitrogens with two attached hydrogens (primary N) is 1. The number of nitrogens with zero attached hydrogens (tertiary/aromatic N) is 1. The maximum Gasteiger partial charge on any atom is 0.244 e. The van der Waals surface area contributed by atoms with E-state index in [1.54, 1.807) is 12.1 Å². The molecular weight excluding hydrogens is 344 g/mol. The zero-order valence-corrected chi connectivity index (χ0v) is 14.0. The van der Waals surface area contributed by atoms with Crippen molar-refractivity contribution < 1.29 is 13.2 Å². The number of benzene rings is 1. The third-order valence-corrected chi connectivity index (χ3v) is 6.47. The lowest BCUT2D eigenvalue weighted by Crippen LogP contribution is -2.55. The Morgan fingerprint density at radius 3 is 2.75 bits per heavy atom. The van der Waals surface area contributed by atoms with E-state index in [4.69, 9.17) is 10.5 Å². The summed E-state index contributed by atoms with van der Waals surface area (Å²) in [4.78, 5) is 0.260. The van der Waals surface area contributed by atoms with E-state index in [9.17, 15) is 8.42 Å². The molecule has 20 heavy (non-hydrogen) atoms. The van der Waals surface area contributed by atoms with Crippen LogP contribution in [0.3, 0.4) is 0 Å². The average molecular weight is 363 g/mol. The predicted octanol–water partition coefficient (Wildman–Crippen LogP) is 1.71. The Hall–Kier alpha value is -0.470. The number of halogens is 1. The van der Waals surface area contributed by atoms with Crippen LogP contribution < -0.4 is 5.73 Å². The largest absolute Gasteiger partial charge is 0.378 e. The lowest BCUT2D eigenvalue weighted by atomic mass is 10.1. The summed E-state index contributed by atoms with van der Waals surface area (Å²) in [6.07, 6.45) is 0. The zero-order chi connectivity index (χ0) is 15.0. The smallest absolute Gasteiger partial charge is 0.244 e. The van der Waals surface area contributed by atoms with Crippen molar-refractivity contribution in [2.45, 2.75) is 30.8 Å². The van der Waals surface area contributed by atoms with Gasteiger partial charge in [-0.05, 0) is 47.5 Å². The molecule has 0 aromatic heterocycles. The molecule has 1 saturated heterocycles. The highest BCUT2D eigenvalue weighted by Crippen LogP contribution is 2.31. The fourth-order valence-corrected chi connectivity index (χ4v) is 5.01. The van der Waals surface area contributed by atoms with E-state index in [2.05, 4.69) is 15.9 Å². The van der Waals surface area contributed by atoms with Gasteiger partial charge in [-0.2, -0.15) is 4.31 Å². The zero-order valence-electron chi connectivity index (χ0n) is 11.6. The summed E-state index contributed by atoms with van der Waals surface area (Å²) in [6, 6.07) is 5.17. The SMILES string of the molecule is CC1(C)COCCN1S(=O)(=O)c1cc(CN)ccc1Br. The number of ether oxygens (including phenoxy) is 1. The molecule has 0 unspecified atom stereocenters. The molecule has 0 saturated carbocycles. The number of sulfonamides is 1. The molecule has 1 aliphatic rings. The summed E-state index contributed by atoms with van der Waals surface area (Å²) in [6.45, 7) is 5.20. The normalized spacial score (nSPS) is 20.0. The van der Waals surface area contributed by atoms with Crippen LogP contribution >= 0.6 is 15.9 Å². The topological polar surface area (TPSA) is 72.6 Å². The standard InChI is InChI=1S/C13H19BrN2O3S/c1-13(2)9-19-6-5-16(13)20(17,18)12-7-10(8-15)3-4-11(12)14/h3-4,7H,5-6,8-9,15H2,1-2H3. The lowest BCUT2D eigenvalue weighted by Gasteiger charge is -2.40. The van der Waals surface area contributed by atoms with Crippen LogP contribution in [0.1, 0.15) is 19.4 Å². The number of morpholine rings is 1. The monoisotopic (exact) mass is 362 g/mol. The highest BCUT2D eigenvalue weighted by molar-refractivity contribution is 9.10. The minimum Gasteiger partial charge on any atom is -0.378 e. The number of hydrogen-bond acceptors (Lipinski definition) is 4. The van der Waals surface area contributed by atoms with Crippen molar-refractivity contribution in [3.8, 4) is 0 Å². The van der Waals surface area contributed by atoms with Gasteiger partial charge in [0.1, 0.15) is 0 Å². The van der Waals surface area contributed by atoms with Crippen LogP contribution in [0.25, 0.3) is 0 Å². The van der Waals surface area contributed by atoms with Gasteiger partial charge in [-0.15, -0.1) is 0 Å². The first-order valence-corrected chi connectivity index (χ1v) is 8.61. The molecule has 0 spiro atoms. The Bertz CT molecular complexity index is 602. The second-order valence-corrected chi connectivity index (χ2v) is 8.10. The number of hydrogen-bond donors (Lipinski definition) is 1. The maximum atomic E-state index is 12.9. The first kappa shape index (κ1) is 15.9. The summed E-state index contributed by atoms with van der Waals surface area (Å²) in [7, 11) is -3.58. The van der Waals surface area contributed by atoms with Gasteiger partial charge in [0, 0.05) is 17.6 Å². The molecule has 7 heteroatoms. The highest BCUT2D eigenvalue weighted by atomic mass is 79.9. The molecule has 0 radical (unpaired) electrons. The van der Waals surface area contributed by atoms with Crippen molar-refractivity contribution in [1.82, 2.24) is 4.31 Å². The quantitative estimate of drug-likeness (QED) is 0.888. The molecule has 0 amide bonds. The maximum absolute atomic E-state index is 12.9. The van der Waals surface area contributed by atoms with Crippen molar-refractivity contribution in [3.05, 3.63) is 28.2 Å². The van der Waals surface area contributed by atoms with Gasteiger partial charge in [-0.25, -0.2) is 8.42 Å². The van der Waals surface area contributed by atoms with Gasteiger partial charge in [-0.1, -0.05) is 6.07 Å². The molecule has 2 N–H and O–H groups in total. The van der Waals surface area contributed by atoms with Crippen LogP contribution in [-0.4, -0.2) is 38.0 Å². The van der Waals surface area contributed by atoms with Crippen LogP contribution in [0.15, 0.2) is 27.6 Å². The van der Waals surface area contributed by atoms with Crippen LogP contribution in [0, 0.1) is 0 Å². The predicted molar refractivity (Wildman–Crippen MR) is 80.8 cm³/mol. The fraction of sp³-hybridized carbons (Fsp3) is 0.538. The molecule has 1 heterocycles. The van der Waals surface area contributed by atoms with Gasteiger partial charge in [0.2, 0.25) is 10.0 Å². The van der Waals surface area contributed by atoms with E-state index in [0.717, 1.165) is 5.56 Å². The fourth-order valence-electron chi connectivity index (χ4n) is 2.28. The second-order valence-electron chi connectivity index (χ2n) is 5.41. The first-order valence-electron chi connectivity index (χ1n) is 6.38. The Morgan fingerprint density at radius 1 is 1.45 bits per heavy atom. The van der Waals surface area contributed by atoms with Crippen LogP contribution in [0.4, 0.5) is 0 Å². The summed E-state index contributed by atoms with van der Waals surface area (Å²) in [5, 5.41) is 0. The summed E-state index contributed by atoms with van der Waals surface area (Å²) >= 11 is 3.32. The van der Waals surface area contributed by atoms with E-state index in [0.29, 0.717) is 30.8 Å². The third kappa shape index (κ3) is 2.92. The Morgan fingerprint density at radius 2 is 2.15 bits per heavy atom. The molecule has 1 aliphatic heterocycles. The second kappa shape index (κ2) is 5.73. The molecule has 0 aliphatic carbocycles. The van der Waals surface area contributed by atoms with Gasteiger partial charge < -0.3 is 10.5 Å². The van der Waals surface area contributed by atoms with E-state index in [1.165, 1.54) is 4.31 Å². The lowest BCUT2D eigenvalue weighted by molar-refractivity contribution is -0.00772. The molecule has 1 aromatic carbocycles.